The fourth-order valence-electron chi connectivity index (χ4n) is 2.94. The first-order chi connectivity index (χ1) is 12.9. The molecule has 0 radical (unpaired) electrons. The van der Waals surface area contributed by atoms with Crippen molar-refractivity contribution < 1.29 is 19.1 Å². The number of rotatable bonds is 6. The highest BCUT2D eigenvalue weighted by Crippen LogP contribution is 2.22. The van der Waals surface area contributed by atoms with E-state index in [1.807, 2.05) is 4.90 Å². The molecule has 1 aliphatic heterocycles. The number of carboxylic acids is 1. The Morgan fingerprint density at radius 2 is 1.93 bits per heavy atom. The summed E-state index contributed by atoms with van der Waals surface area (Å²) in [5, 5.41) is 11.8. The lowest BCUT2D eigenvalue weighted by Gasteiger charge is -2.19. The number of carbonyl (C=O) groups is 2. The van der Waals surface area contributed by atoms with Crippen molar-refractivity contribution in [2.45, 2.75) is 25.3 Å². The molecule has 1 aromatic carbocycles. The summed E-state index contributed by atoms with van der Waals surface area (Å²) < 4.78 is 13.1. The van der Waals surface area contributed by atoms with Gasteiger partial charge in [0.2, 0.25) is 5.95 Å². The molecule has 0 spiro atoms. The van der Waals surface area contributed by atoms with Gasteiger partial charge in [-0.2, -0.15) is 0 Å². The number of carbonyl (C=O) groups excluding carboxylic acids is 1. The third-order valence-corrected chi connectivity index (χ3v) is 4.57. The Bertz CT molecular complexity index is 841. The highest BCUT2D eigenvalue weighted by atomic mass is 35.5. The Morgan fingerprint density at radius 3 is 2.56 bits per heavy atom. The summed E-state index contributed by atoms with van der Waals surface area (Å²) in [6, 6.07) is 4.43. The molecule has 3 rings (SSSR count). The minimum atomic E-state index is -1.10. The molecule has 2 N–H and O–H groups in total. The van der Waals surface area contributed by atoms with Gasteiger partial charge >= 0.3 is 5.97 Å². The second-order valence-corrected chi connectivity index (χ2v) is 6.64. The predicted molar refractivity (Wildman–Crippen MR) is 97.3 cm³/mol. The fraction of sp³-hybridized carbons (Fsp3) is 0.333. The summed E-state index contributed by atoms with van der Waals surface area (Å²) in [7, 11) is 0. The van der Waals surface area contributed by atoms with Gasteiger partial charge in [-0.25, -0.2) is 14.4 Å². The monoisotopic (exact) mass is 392 g/mol. The summed E-state index contributed by atoms with van der Waals surface area (Å²) in [6.07, 6.45) is 3.05. The van der Waals surface area contributed by atoms with Gasteiger partial charge in [0, 0.05) is 13.1 Å². The van der Waals surface area contributed by atoms with Crippen LogP contribution in [0.25, 0.3) is 0 Å². The number of hydrogen-bond donors (Lipinski definition) is 2. The number of amides is 1. The molecular weight excluding hydrogens is 375 g/mol. The van der Waals surface area contributed by atoms with E-state index in [9.17, 15) is 14.0 Å². The van der Waals surface area contributed by atoms with E-state index in [1.54, 1.807) is 0 Å². The largest absolute Gasteiger partial charge is 0.481 e. The van der Waals surface area contributed by atoms with Crippen molar-refractivity contribution >= 4 is 29.4 Å². The summed E-state index contributed by atoms with van der Waals surface area (Å²) >= 11 is 6.08. The van der Waals surface area contributed by atoms with Crippen molar-refractivity contribution in [3.05, 3.63) is 52.6 Å². The van der Waals surface area contributed by atoms with Crippen LogP contribution < -0.4 is 10.2 Å². The number of halogens is 2. The van der Waals surface area contributed by atoms with Crippen molar-refractivity contribution in [2.24, 2.45) is 0 Å². The van der Waals surface area contributed by atoms with Gasteiger partial charge in [-0.05, 0) is 30.5 Å². The van der Waals surface area contributed by atoms with Crippen LogP contribution in [0.1, 0.15) is 41.4 Å². The molecule has 1 fully saturated rings. The van der Waals surface area contributed by atoms with Gasteiger partial charge in [-0.1, -0.05) is 23.7 Å². The van der Waals surface area contributed by atoms with Crippen molar-refractivity contribution in [3.8, 4) is 0 Å². The first-order valence-electron chi connectivity index (χ1n) is 8.49. The van der Waals surface area contributed by atoms with Crippen LogP contribution in [0.3, 0.4) is 0 Å². The van der Waals surface area contributed by atoms with Crippen LogP contribution in [-0.4, -0.2) is 40.0 Å². The normalized spacial score (nSPS) is 14.8. The summed E-state index contributed by atoms with van der Waals surface area (Å²) in [5.41, 5.74) is 0.447. The Balaban J connectivity index is 1.83. The van der Waals surface area contributed by atoms with E-state index < -0.39 is 23.7 Å². The maximum atomic E-state index is 13.1. The van der Waals surface area contributed by atoms with Crippen LogP contribution in [0.5, 0.6) is 0 Å². The van der Waals surface area contributed by atoms with Gasteiger partial charge in [0.1, 0.15) is 5.82 Å². The van der Waals surface area contributed by atoms with E-state index in [0.29, 0.717) is 11.5 Å². The maximum absolute atomic E-state index is 13.1. The van der Waals surface area contributed by atoms with E-state index in [-0.39, 0.29) is 17.1 Å². The van der Waals surface area contributed by atoms with Crippen LogP contribution >= 0.6 is 11.6 Å². The van der Waals surface area contributed by atoms with Crippen LogP contribution in [0, 0.1) is 5.82 Å². The molecule has 1 atom stereocenters. The van der Waals surface area contributed by atoms with Gasteiger partial charge in [0.05, 0.1) is 23.7 Å². The number of nitrogens with zero attached hydrogens (tertiary/aromatic N) is 3. The number of carboxylic acid groups (broad SMARTS) is 1. The average Bonchev–Trinajstić information content (AvgIpc) is 3.16. The molecule has 1 aromatic heterocycles. The zero-order valence-electron chi connectivity index (χ0n) is 14.4. The molecule has 1 saturated heterocycles. The zero-order chi connectivity index (χ0) is 19.4. The van der Waals surface area contributed by atoms with E-state index in [4.69, 9.17) is 16.7 Å². The van der Waals surface area contributed by atoms with E-state index in [1.165, 1.54) is 30.5 Å². The van der Waals surface area contributed by atoms with Crippen LogP contribution in [-0.2, 0) is 4.79 Å². The lowest BCUT2D eigenvalue weighted by Crippen LogP contribution is -2.32. The Kier molecular flexibility index (Phi) is 5.85. The number of aromatic nitrogens is 2. The van der Waals surface area contributed by atoms with Crippen molar-refractivity contribution in [2.75, 3.05) is 18.0 Å². The number of aliphatic carboxylic acids is 1. The lowest BCUT2D eigenvalue weighted by atomic mass is 10.0. The van der Waals surface area contributed by atoms with Gasteiger partial charge < -0.3 is 15.3 Å². The topological polar surface area (TPSA) is 95.4 Å². The van der Waals surface area contributed by atoms with Crippen LogP contribution in [0.4, 0.5) is 10.3 Å². The van der Waals surface area contributed by atoms with E-state index in [0.717, 1.165) is 25.9 Å². The molecule has 1 amide bonds. The Labute approximate surface area is 160 Å². The average molecular weight is 393 g/mol. The van der Waals surface area contributed by atoms with Gasteiger partial charge in [-0.3, -0.25) is 9.59 Å². The Morgan fingerprint density at radius 1 is 1.26 bits per heavy atom. The summed E-state index contributed by atoms with van der Waals surface area (Å²) in [4.78, 5) is 34.3. The molecule has 9 heteroatoms. The molecule has 142 valence electrons. The summed E-state index contributed by atoms with van der Waals surface area (Å²) in [6.45, 7) is 1.61. The molecular formula is C18H18ClFN4O3. The van der Waals surface area contributed by atoms with Crippen molar-refractivity contribution in [3.63, 3.8) is 0 Å². The predicted octanol–water partition coefficient (Wildman–Crippen LogP) is 2.82. The molecule has 7 nitrogen and oxygen atoms in total. The van der Waals surface area contributed by atoms with Crippen molar-refractivity contribution in [1.29, 1.82) is 0 Å². The smallest absolute Gasteiger partial charge is 0.305 e. The third-order valence-electron chi connectivity index (χ3n) is 4.29. The minimum Gasteiger partial charge on any atom is -0.481 e. The number of nitrogens with one attached hydrogen (secondary N) is 1. The second-order valence-electron chi connectivity index (χ2n) is 6.24. The standard InChI is InChI=1S/C18H18ClFN4O3/c19-13-10-21-18(24-7-1-2-8-24)23-16(13)17(27)22-14(9-15(25)26)11-3-5-12(20)6-4-11/h3-6,10,14H,1-2,7-9H2,(H,22,27)(H,25,26)/t14-/m1/s1. The second kappa shape index (κ2) is 8.30. The molecule has 0 bridgehead atoms. The molecule has 0 aliphatic carbocycles. The molecule has 0 saturated carbocycles. The Hall–Kier alpha value is -2.74. The van der Waals surface area contributed by atoms with Gasteiger partial charge in [0.15, 0.2) is 5.69 Å². The van der Waals surface area contributed by atoms with E-state index in [2.05, 4.69) is 15.3 Å². The van der Waals surface area contributed by atoms with Gasteiger partial charge in [0.25, 0.3) is 5.91 Å². The molecule has 0 unspecified atom stereocenters. The van der Waals surface area contributed by atoms with Crippen LogP contribution in [0.2, 0.25) is 5.02 Å². The molecule has 27 heavy (non-hydrogen) atoms. The maximum Gasteiger partial charge on any atom is 0.305 e. The summed E-state index contributed by atoms with van der Waals surface area (Å²) in [5.74, 6) is -1.75. The first kappa shape index (κ1) is 19.0. The van der Waals surface area contributed by atoms with Crippen LogP contribution in [0.15, 0.2) is 30.5 Å². The van der Waals surface area contributed by atoms with Crippen molar-refractivity contribution in [1.82, 2.24) is 15.3 Å². The zero-order valence-corrected chi connectivity index (χ0v) is 15.1. The quantitative estimate of drug-likeness (QED) is 0.784. The minimum absolute atomic E-state index is 0.0222. The molecule has 2 heterocycles. The lowest BCUT2D eigenvalue weighted by molar-refractivity contribution is -0.137. The number of hydrogen-bond acceptors (Lipinski definition) is 5. The first-order valence-corrected chi connectivity index (χ1v) is 8.87. The number of benzene rings is 1. The number of anilines is 1. The molecule has 1 aliphatic rings. The fourth-order valence-corrected chi connectivity index (χ4v) is 3.11. The van der Waals surface area contributed by atoms with Gasteiger partial charge in [-0.15, -0.1) is 0 Å². The molecule has 2 aromatic rings. The van der Waals surface area contributed by atoms with E-state index >= 15 is 0 Å². The SMILES string of the molecule is O=C(O)C[C@@H](NC(=O)c1nc(N2CCCC2)ncc1Cl)c1ccc(F)cc1. The highest BCUT2D eigenvalue weighted by molar-refractivity contribution is 6.33. The third kappa shape index (κ3) is 4.71. The highest BCUT2D eigenvalue weighted by Gasteiger charge is 2.23.